The third-order valence-electron chi connectivity index (χ3n) is 8.75. The molecule has 1 aromatic rings. The molecule has 1 aliphatic heterocycles. The van der Waals surface area contributed by atoms with Gasteiger partial charge in [0.25, 0.3) is 5.92 Å². The molecule has 0 aromatic heterocycles. The van der Waals surface area contributed by atoms with Gasteiger partial charge in [0.2, 0.25) is 11.8 Å². The van der Waals surface area contributed by atoms with Gasteiger partial charge in [0, 0.05) is 33.4 Å². The average molecular weight is 790 g/mol. The second kappa shape index (κ2) is 25.6. The normalized spacial score (nSPS) is 21.6. The highest BCUT2D eigenvalue weighted by Crippen LogP contribution is 2.39. The fourth-order valence-corrected chi connectivity index (χ4v) is 5.57. The van der Waals surface area contributed by atoms with E-state index in [1.54, 1.807) is 30.3 Å². The zero-order valence-electron chi connectivity index (χ0n) is 32.9. The number of amides is 3. The van der Waals surface area contributed by atoms with Crippen molar-refractivity contribution in [2.45, 2.75) is 141 Å². The number of carboxylic acid groups (broad SMARTS) is 1. The lowest BCUT2D eigenvalue weighted by Gasteiger charge is -2.48. The van der Waals surface area contributed by atoms with Crippen LogP contribution in [0.15, 0.2) is 30.3 Å². The third-order valence-corrected chi connectivity index (χ3v) is 8.75. The molecule has 1 aromatic carbocycles. The van der Waals surface area contributed by atoms with Gasteiger partial charge in [-0.25, -0.2) is 13.6 Å². The zero-order valence-corrected chi connectivity index (χ0v) is 32.9. The van der Waals surface area contributed by atoms with Crippen molar-refractivity contribution in [3.63, 3.8) is 0 Å². The number of alkyl halides is 2. The molecule has 2 rings (SSSR count). The number of halogens is 2. The van der Waals surface area contributed by atoms with Gasteiger partial charge in [-0.1, -0.05) is 70.4 Å². The van der Waals surface area contributed by atoms with Crippen LogP contribution in [0.2, 0.25) is 0 Å². The summed E-state index contributed by atoms with van der Waals surface area (Å²) in [7, 11) is 1.34. The molecule has 1 unspecified atom stereocenters. The molecule has 1 heterocycles. The molecule has 1 saturated heterocycles. The molecule has 0 bridgehead atoms. The topological polar surface area (TPSA) is 189 Å². The molecule has 15 nitrogen and oxygen atoms in total. The Morgan fingerprint density at radius 1 is 0.818 bits per heavy atom. The van der Waals surface area contributed by atoms with E-state index in [0.717, 1.165) is 25.7 Å². The molecule has 4 N–H and O–H groups in total. The average Bonchev–Trinajstić information content (AvgIpc) is 3.15. The van der Waals surface area contributed by atoms with Crippen LogP contribution in [0, 0.1) is 0 Å². The summed E-state index contributed by atoms with van der Waals surface area (Å²) in [6.45, 7) is 8.55. The SMILES string of the molecule is CCCCOC[C@H]1O[C@H](C(F)(F)CC(NC(=O)OCc2ccccc2)C(=O)N[C@@H](C)C(=O)N[C@@H](C)C(=O)O)[C@H](OCOC)[C@@H](OCCCC)[C@H]1OCCCC. The number of unbranched alkanes of at least 4 members (excludes halogenated alkanes) is 3. The maximum atomic E-state index is 17.0. The van der Waals surface area contributed by atoms with Gasteiger partial charge in [-0.2, -0.15) is 0 Å². The number of benzene rings is 1. The molecule has 314 valence electrons. The molecule has 0 spiro atoms. The summed E-state index contributed by atoms with van der Waals surface area (Å²) < 4.78 is 74.7. The van der Waals surface area contributed by atoms with E-state index in [2.05, 4.69) is 16.0 Å². The summed E-state index contributed by atoms with van der Waals surface area (Å²) in [6, 6.07) is 3.92. The van der Waals surface area contributed by atoms with Gasteiger partial charge in [0.1, 0.15) is 55.9 Å². The second-order valence-electron chi connectivity index (χ2n) is 13.5. The fraction of sp³-hybridized carbons (Fsp3) is 0.737. The number of hydrogen-bond donors (Lipinski definition) is 4. The van der Waals surface area contributed by atoms with Crippen molar-refractivity contribution in [3.8, 4) is 0 Å². The van der Waals surface area contributed by atoms with E-state index in [-0.39, 0.29) is 19.8 Å². The molecule has 17 heteroatoms. The Balaban J connectivity index is 2.50. The Morgan fingerprint density at radius 3 is 2.02 bits per heavy atom. The van der Waals surface area contributed by atoms with E-state index >= 15 is 8.78 Å². The number of carbonyl (C=O) groups is 4. The van der Waals surface area contributed by atoms with Crippen molar-refractivity contribution in [1.82, 2.24) is 16.0 Å². The minimum atomic E-state index is -3.92. The summed E-state index contributed by atoms with van der Waals surface area (Å²) in [5, 5.41) is 15.9. The number of aliphatic carboxylic acids is 1. The number of ether oxygens (including phenoxy) is 7. The largest absolute Gasteiger partial charge is 0.480 e. The second-order valence-corrected chi connectivity index (χ2v) is 13.5. The number of alkyl carbamates (subject to hydrolysis) is 1. The molecular formula is C38H61F2N3O12. The lowest BCUT2D eigenvalue weighted by atomic mass is 9.88. The van der Waals surface area contributed by atoms with Gasteiger partial charge in [-0.15, -0.1) is 0 Å². The van der Waals surface area contributed by atoms with Crippen molar-refractivity contribution < 1.29 is 66.2 Å². The van der Waals surface area contributed by atoms with Crippen molar-refractivity contribution in [3.05, 3.63) is 35.9 Å². The van der Waals surface area contributed by atoms with Crippen LogP contribution in [0.1, 0.15) is 85.1 Å². The van der Waals surface area contributed by atoms with Crippen LogP contribution in [0.5, 0.6) is 0 Å². The highest BCUT2D eigenvalue weighted by atomic mass is 19.3. The lowest BCUT2D eigenvalue weighted by molar-refractivity contribution is -0.314. The number of carbonyl (C=O) groups excluding carboxylic acids is 3. The van der Waals surface area contributed by atoms with E-state index in [4.69, 9.17) is 33.2 Å². The van der Waals surface area contributed by atoms with E-state index < -0.39 is 91.7 Å². The molecule has 1 fully saturated rings. The number of hydrogen-bond acceptors (Lipinski definition) is 11. The quantitative estimate of drug-likeness (QED) is 0.0730. The Bertz CT molecular complexity index is 1280. The molecule has 0 aliphatic carbocycles. The molecule has 3 amide bonds. The Kier molecular flexibility index (Phi) is 22.2. The Hall–Kier alpha value is -3.48. The molecule has 1 aliphatic rings. The standard InChI is InChI=1S/C38H61F2N3O12/c1-7-10-18-50-23-29-30(51-19-11-8-2)31(52-20-12-9-3)32(54-24-49-6)33(55-29)38(39,40)21-28(43-37(48)53-22-27-16-14-13-15-17-27)35(45)41-25(4)34(44)42-26(5)36(46)47/h13-17,25-26,28-33H,7-12,18-24H2,1-6H3,(H,41,45)(H,42,44)(H,43,48)(H,46,47)/t25-,26-,28?,29+,30-,31-,32+,33-/m0/s1. The van der Waals surface area contributed by atoms with Crippen LogP contribution in [-0.4, -0.2) is 124 Å². The van der Waals surface area contributed by atoms with Gasteiger partial charge < -0.3 is 54.2 Å². The zero-order chi connectivity index (χ0) is 40.8. The maximum absolute atomic E-state index is 17.0. The minimum Gasteiger partial charge on any atom is -0.480 e. The first-order chi connectivity index (χ1) is 26.3. The lowest BCUT2D eigenvalue weighted by Crippen LogP contribution is -2.66. The summed E-state index contributed by atoms with van der Waals surface area (Å²) >= 11 is 0. The smallest absolute Gasteiger partial charge is 0.408 e. The van der Waals surface area contributed by atoms with Crippen LogP contribution in [-0.2, 0) is 54.1 Å². The monoisotopic (exact) mass is 789 g/mol. The predicted molar refractivity (Wildman–Crippen MR) is 196 cm³/mol. The maximum Gasteiger partial charge on any atom is 0.408 e. The number of methoxy groups -OCH3 is 1. The van der Waals surface area contributed by atoms with Crippen molar-refractivity contribution in [2.75, 3.05) is 40.3 Å². The first kappa shape index (κ1) is 47.7. The van der Waals surface area contributed by atoms with Crippen molar-refractivity contribution >= 4 is 23.9 Å². The van der Waals surface area contributed by atoms with Gasteiger partial charge in [0.15, 0.2) is 6.10 Å². The molecule has 0 radical (unpaired) electrons. The first-order valence-electron chi connectivity index (χ1n) is 19.0. The van der Waals surface area contributed by atoms with Crippen LogP contribution < -0.4 is 16.0 Å². The van der Waals surface area contributed by atoms with E-state index in [1.807, 2.05) is 20.8 Å². The highest BCUT2D eigenvalue weighted by molar-refractivity contribution is 5.92. The fourth-order valence-electron chi connectivity index (χ4n) is 5.57. The van der Waals surface area contributed by atoms with Crippen LogP contribution in [0.4, 0.5) is 13.6 Å². The molecule has 8 atom stereocenters. The summed E-state index contributed by atoms with van der Waals surface area (Å²) in [5.41, 5.74) is 0.604. The number of carboxylic acids is 1. The summed E-state index contributed by atoms with van der Waals surface area (Å²) in [5.74, 6) is -7.30. The van der Waals surface area contributed by atoms with Crippen LogP contribution >= 0.6 is 0 Å². The number of nitrogens with one attached hydrogen (secondary N) is 3. The van der Waals surface area contributed by atoms with Gasteiger partial charge in [0.05, 0.1) is 6.61 Å². The number of rotatable bonds is 27. The first-order valence-corrected chi connectivity index (χ1v) is 19.0. The Morgan fingerprint density at radius 2 is 1.42 bits per heavy atom. The van der Waals surface area contributed by atoms with Gasteiger partial charge >= 0.3 is 12.1 Å². The van der Waals surface area contributed by atoms with Crippen molar-refractivity contribution in [2.24, 2.45) is 0 Å². The predicted octanol–water partition coefficient (Wildman–Crippen LogP) is 4.34. The minimum absolute atomic E-state index is 0.0939. The van der Waals surface area contributed by atoms with E-state index in [9.17, 15) is 24.3 Å². The molecule has 0 saturated carbocycles. The van der Waals surface area contributed by atoms with Gasteiger partial charge in [-0.05, 0) is 38.7 Å². The Labute approximate surface area is 322 Å². The molecule has 55 heavy (non-hydrogen) atoms. The summed E-state index contributed by atoms with van der Waals surface area (Å²) in [4.78, 5) is 50.6. The van der Waals surface area contributed by atoms with Gasteiger partial charge in [-0.3, -0.25) is 14.4 Å². The summed E-state index contributed by atoms with van der Waals surface area (Å²) in [6.07, 6.45) is -4.52. The highest BCUT2D eigenvalue weighted by Gasteiger charge is 2.58. The van der Waals surface area contributed by atoms with Crippen molar-refractivity contribution in [1.29, 1.82) is 0 Å². The third kappa shape index (κ3) is 16.6. The van der Waals surface area contributed by atoms with E-state index in [1.165, 1.54) is 21.0 Å². The molecular weight excluding hydrogens is 728 g/mol. The van der Waals surface area contributed by atoms with E-state index in [0.29, 0.717) is 31.6 Å². The van der Waals surface area contributed by atoms with Crippen LogP contribution in [0.25, 0.3) is 0 Å². The van der Waals surface area contributed by atoms with Crippen LogP contribution in [0.3, 0.4) is 0 Å².